The van der Waals surface area contributed by atoms with E-state index in [0.29, 0.717) is 18.2 Å². The molecule has 0 aliphatic carbocycles. The summed E-state index contributed by atoms with van der Waals surface area (Å²) in [6.45, 7) is 5.22. The highest BCUT2D eigenvalue weighted by molar-refractivity contribution is 5.94. The van der Waals surface area contributed by atoms with Gasteiger partial charge in [0.1, 0.15) is 11.9 Å². The van der Waals surface area contributed by atoms with Gasteiger partial charge < -0.3 is 9.64 Å². The van der Waals surface area contributed by atoms with Crippen LogP contribution in [0.4, 0.5) is 0 Å². The van der Waals surface area contributed by atoms with Crippen molar-refractivity contribution in [1.82, 2.24) is 14.9 Å². The zero-order valence-electron chi connectivity index (χ0n) is 13.5. The van der Waals surface area contributed by atoms with Gasteiger partial charge in [0.25, 0.3) is 5.91 Å². The Labute approximate surface area is 136 Å². The summed E-state index contributed by atoms with van der Waals surface area (Å²) >= 11 is 0. The second-order valence-corrected chi connectivity index (χ2v) is 5.94. The van der Waals surface area contributed by atoms with E-state index in [-0.39, 0.29) is 12.0 Å². The second kappa shape index (κ2) is 6.77. The van der Waals surface area contributed by atoms with Gasteiger partial charge in [-0.25, -0.2) is 4.98 Å². The molecule has 5 nitrogen and oxygen atoms in total. The number of aryl methyl sites for hydroxylation is 2. The van der Waals surface area contributed by atoms with E-state index < -0.39 is 0 Å². The number of ether oxygens (including phenoxy) is 1. The van der Waals surface area contributed by atoms with Crippen LogP contribution >= 0.6 is 0 Å². The third-order valence-electron chi connectivity index (χ3n) is 4.00. The molecule has 2 heterocycles. The lowest BCUT2D eigenvalue weighted by molar-refractivity contribution is 0.0527. The highest BCUT2D eigenvalue weighted by Crippen LogP contribution is 2.18. The van der Waals surface area contributed by atoms with Crippen molar-refractivity contribution in [3.63, 3.8) is 0 Å². The molecule has 5 heteroatoms. The maximum atomic E-state index is 12.6. The minimum atomic E-state index is -0.0209. The predicted molar refractivity (Wildman–Crippen MR) is 87.5 cm³/mol. The van der Waals surface area contributed by atoms with Gasteiger partial charge in [-0.15, -0.1) is 0 Å². The average molecular weight is 311 g/mol. The number of nitrogens with zero attached hydrogens (tertiary/aromatic N) is 3. The summed E-state index contributed by atoms with van der Waals surface area (Å²) in [5, 5.41) is 0. The van der Waals surface area contributed by atoms with Crippen molar-refractivity contribution in [3.05, 3.63) is 53.5 Å². The van der Waals surface area contributed by atoms with Crippen LogP contribution in [0.1, 0.15) is 34.6 Å². The quantitative estimate of drug-likeness (QED) is 0.874. The molecule has 1 unspecified atom stereocenters. The minimum Gasteiger partial charge on any atom is -0.472 e. The topological polar surface area (TPSA) is 55.3 Å². The van der Waals surface area contributed by atoms with Crippen LogP contribution < -0.4 is 4.74 Å². The standard InChI is InChI=1S/C18H21N3O2/c1-13-5-7-15(8-6-13)18(22)21-11-3-4-16(12-21)23-17-9-10-19-14(2)20-17/h5-10,16H,3-4,11-12H2,1-2H3. The molecular formula is C18H21N3O2. The fraction of sp³-hybridized carbons (Fsp3) is 0.389. The number of hydrogen-bond donors (Lipinski definition) is 0. The van der Waals surface area contributed by atoms with Crippen molar-refractivity contribution in [3.8, 4) is 5.88 Å². The third kappa shape index (κ3) is 3.86. The Morgan fingerprint density at radius 2 is 2.00 bits per heavy atom. The highest BCUT2D eigenvalue weighted by atomic mass is 16.5. The Bertz CT molecular complexity index is 685. The van der Waals surface area contributed by atoms with Crippen molar-refractivity contribution in [2.45, 2.75) is 32.8 Å². The Kier molecular flexibility index (Phi) is 4.55. The number of piperidine rings is 1. The maximum absolute atomic E-state index is 12.6. The molecule has 23 heavy (non-hydrogen) atoms. The second-order valence-electron chi connectivity index (χ2n) is 5.94. The Morgan fingerprint density at radius 3 is 2.74 bits per heavy atom. The lowest BCUT2D eigenvalue weighted by atomic mass is 10.1. The Morgan fingerprint density at radius 1 is 1.22 bits per heavy atom. The molecule has 0 bridgehead atoms. The van der Waals surface area contributed by atoms with E-state index in [1.165, 1.54) is 0 Å². The van der Waals surface area contributed by atoms with Crippen molar-refractivity contribution in [1.29, 1.82) is 0 Å². The van der Waals surface area contributed by atoms with Gasteiger partial charge >= 0.3 is 0 Å². The number of hydrogen-bond acceptors (Lipinski definition) is 4. The van der Waals surface area contributed by atoms with Gasteiger partial charge in [-0.3, -0.25) is 4.79 Å². The van der Waals surface area contributed by atoms with Crippen LogP contribution in [0.15, 0.2) is 36.5 Å². The average Bonchev–Trinajstić information content (AvgIpc) is 2.55. The molecule has 1 aliphatic rings. The molecule has 1 aliphatic heterocycles. The van der Waals surface area contributed by atoms with Gasteiger partial charge in [0.05, 0.1) is 6.54 Å². The summed E-state index contributed by atoms with van der Waals surface area (Å²) in [6, 6.07) is 9.46. The van der Waals surface area contributed by atoms with Gasteiger partial charge in [0.2, 0.25) is 5.88 Å². The normalized spacial score (nSPS) is 17.8. The first-order chi connectivity index (χ1) is 11.1. The van der Waals surface area contributed by atoms with Crippen molar-refractivity contribution in [2.24, 2.45) is 0 Å². The lowest BCUT2D eigenvalue weighted by Crippen LogP contribution is -2.44. The third-order valence-corrected chi connectivity index (χ3v) is 4.00. The summed E-state index contributed by atoms with van der Waals surface area (Å²) < 4.78 is 5.93. The van der Waals surface area contributed by atoms with Crippen molar-refractivity contribution < 1.29 is 9.53 Å². The van der Waals surface area contributed by atoms with Crippen LogP contribution in [0.5, 0.6) is 5.88 Å². The number of likely N-dealkylation sites (tertiary alicyclic amines) is 1. The number of amides is 1. The summed E-state index contributed by atoms with van der Waals surface area (Å²) in [6.07, 6.45) is 3.54. The SMILES string of the molecule is Cc1ccc(C(=O)N2CCCC(Oc3ccnc(C)n3)C2)cc1. The Balaban J connectivity index is 1.66. The van der Waals surface area contributed by atoms with E-state index in [0.717, 1.165) is 30.5 Å². The summed E-state index contributed by atoms with van der Waals surface area (Å²) in [7, 11) is 0. The molecule has 120 valence electrons. The number of carbonyl (C=O) groups excluding carboxylic acids is 1. The van der Waals surface area contributed by atoms with E-state index in [9.17, 15) is 4.79 Å². The van der Waals surface area contributed by atoms with Crippen molar-refractivity contribution in [2.75, 3.05) is 13.1 Å². The van der Waals surface area contributed by atoms with Crippen LogP contribution in [-0.4, -0.2) is 40.0 Å². The summed E-state index contributed by atoms with van der Waals surface area (Å²) in [4.78, 5) is 22.8. The number of carbonyl (C=O) groups is 1. The van der Waals surface area contributed by atoms with Crippen molar-refractivity contribution >= 4 is 5.91 Å². The van der Waals surface area contributed by atoms with Crippen LogP contribution in [-0.2, 0) is 0 Å². The number of benzene rings is 1. The van der Waals surface area contributed by atoms with E-state index in [2.05, 4.69) is 9.97 Å². The molecule has 2 aromatic rings. The number of aromatic nitrogens is 2. The van der Waals surface area contributed by atoms with Crippen LogP contribution in [0.25, 0.3) is 0 Å². The fourth-order valence-electron chi connectivity index (χ4n) is 2.77. The fourth-order valence-corrected chi connectivity index (χ4v) is 2.77. The molecular weight excluding hydrogens is 290 g/mol. The van der Waals surface area contributed by atoms with Crippen LogP contribution in [0.3, 0.4) is 0 Å². The largest absolute Gasteiger partial charge is 0.472 e. The van der Waals surface area contributed by atoms with Gasteiger partial charge in [-0.2, -0.15) is 4.98 Å². The van der Waals surface area contributed by atoms with E-state index >= 15 is 0 Å². The van der Waals surface area contributed by atoms with Crippen LogP contribution in [0.2, 0.25) is 0 Å². The molecule has 1 aromatic carbocycles. The van der Waals surface area contributed by atoms with E-state index in [4.69, 9.17) is 4.74 Å². The molecule has 1 amide bonds. The maximum Gasteiger partial charge on any atom is 0.253 e. The summed E-state index contributed by atoms with van der Waals surface area (Å²) in [5.74, 6) is 1.33. The van der Waals surface area contributed by atoms with E-state index in [1.807, 2.05) is 43.0 Å². The van der Waals surface area contributed by atoms with Gasteiger partial charge in [-0.1, -0.05) is 17.7 Å². The molecule has 0 N–H and O–H groups in total. The Hall–Kier alpha value is -2.43. The smallest absolute Gasteiger partial charge is 0.253 e. The minimum absolute atomic E-state index is 0.0209. The molecule has 0 spiro atoms. The molecule has 3 rings (SSSR count). The molecule has 0 radical (unpaired) electrons. The molecule has 1 fully saturated rings. The first-order valence-electron chi connectivity index (χ1n) is 7.94. The van der Waals surface area contributed by atoms with Crippen LogP contribution in [0, 0.1) is 13.8 Å². The number of rotatable bonds is 3. The van der Waals surface area contributed by atoms with Gasteiger partial charge in [0.15, 0.2) is 0 Å². The van der Waals surface area contributed by atoms with E-state index in [1.54, 1.807) is 12.3 Å². The first-order valence-corrected chi connectivity index (χ1v) is 7.94. The zero-order chi connectivity index (χ0) is 16.2. The highest BCUT2D eigenvalue weighted by Gasteiger charge is 2.25. The summed E-state index contributed by atoms with van der Waals surface area (Å²) in [5.41, 5.74) is 1.88. The molecule has 0 saturated carbocycles. The molecule has 1 atom stereocenters. The van der Waals surface area contributed by atoms with Gasteiger partial charge in [-0.05, 0) is 38.8 Å². The zero-order valence-corrected chi connectivity index (χ0v) is 13.5. The lowest BCUT2D eigenvalue weighted by Gasteiger charge is -2.32. The predicted octanol–water partition coefficient (Wildman–Crippen LogP) is 2.78. The monoisotopic (exact) mass is 311 g/mol. The molecule has 1 aromatic heterocycles. The van der Waals surface area contributed by atoms with Gasteiger partial charge in [0, 0.05) is 24.4 Å². The molecule has 1 saturated heterocycles. The first kappa shape index (κ1) is 15.5.